The van der Waals surface area contributed by atoms with Gasteiger partial charge in [0.2, 0.25) is 0 Å². The van der Waals surface area contributed by atoms with Crippen LogP contribution in [0, 0.1) is 0 Å². The molecule has 1 heteroatoms. The zero-order chi connectivity index (χ0) is 35.1. The summed E-state index contributed by atoms with van der Waals surface area (Å²) in [4.78, 5) is 0. The fourth-order valence-electron chi connectivity index (χ4n) is 6.27. The van der Waals surface area contributed by atoms with Crippen LogP contribution in [0.5, 0.6) is 0 Å². The van der Waals surface area contributed by atoms with E-state index in [0.717, 1.165) is 44.2 Å². The summed E-state index contributed by atoms with van der Waals surface area (Å²) in [5, 5.41) is 1.91. The van der Waals surface area contributed by atoms with Crippen LogP contribution >= 0.6 is 0 Å². The second-order valence-corrected chi connectivity index (χ2v) is 14.8. The maximum atomic E-state index is 8.97. The molecule has 6 aromatic rings. The average molecular weight is 569 g/mol. The lowest BCUT2D eigenvalue weighted by molar-refractivity contribution is 0.568. The summed E-state index contributed by atoms with van der Waals surface area (Å²) in [6.07, 6.45) is 0. The van der Waals surface area contributed by atoms with E-state index in [0.29, 0.717) is 5.56 Å². The molecule has 0 radical (unpaired) electrons. The zero-order valence-corrected chi connectivity index (χ0v) is 27.0. The molecule has 0 N–H and O–H groups in total. The molecule has 0 fully saturated rings. The van der Waals surface area contributed by atoms with E-state index in [1.807, 2.05) is 30.3 Å². The van der Waals surface area contributed by atoms with Gasteiger partial charge in [-0.05, 0) is 79.5 Å². The van der Waals surface area contributed by atoms with Crippen molar-refractivity contribution in [2.75, 3.05) is 0 Å². The molecule has 0 saturated carbocycles. The Hall–Kier alpha value is -4.10. The third kappa shape index (κ3) is 5.20. The molecule has 5 aromatic carbocycles. The molecule has 0 bridgehead atoms. The Bertz CT molecular complexity index is 2160. The summed E-state index contributed by atoms with van der Waals surface area (Å²) < 4.78 is 45.5. The monoisotopic (exact) mass is 568 g/mol. The highest BCUT2D eigenvalue weighted by Crippen LogP contribution is 2.47. The summed E-state index contributed by atoms with van der Waals surface area (Å²) in [7, 11) is 0. The van der Waals surface area contributed by atoms with E-state index < -0.39 is 6.04 Å². The van der Waals surface area contributed by atoms with Gasteiger partial charge < -0.3 is 4.57 Å². The predicted octanol–water partition coefficient (Wildman–Crippen LogP) is 12.0. The fraction of sp³-hybridized carbons (Fsp3) is 0.286. The topological polar surface area (TPSA) is 4.93 Å². The molecule has 218 valence electrons. The Balaban J connectivity index is 1.87. The normalized spacial score (nSPS) is 14.4. The van der Waals surface area contributed by atoms with Gasteiger partial charge in [0.05, 0.1) is 17.9 Å². The van der Waals surface area contributed by atoms with Crippen LogP contribution < -0.4 is 0 Å². The molecular weight excluding hydrogens is 518 g/mol. The van der Waals surface area contributed by atoms with Crippen LogP contribution in [-0.4, -0.2) is 4.57 Å². The van der Waals surface area contributed by atoms with Gasteiger partial charge in [0.25, 0.3) is 0 Å². The first-order chi connectivity index (χ1) is 22.3. The highest BCUT2D eigenvalue weighted by Gasteiger charge is 2.29. The quantitative estimate of drug-likeness (QED) is 0.200. The maximum absolute atomic E-state index is 8.97. The van der Waals surface area contributed by atoms with Crippen LogP contribution in [0.1, 0.15) is 85.9 Å². The van der Waals surface area contributed by atoms with Crippen LogP contribution in [-0.2, 0) is 16.2 Å². The Morgan fingerprint density at radius 3 is 1.70 bits per heavy atom. The van der Waals surface area contributed by atoms with Gasteiger partial charge in [-0.2, -0.15) is 0 Å². The number of benzene rings is 5. The third-order valence-corrected chi connectivity index (χ3v) is 8.47. The average Bonchev–Trinajstić information content (AvgIpc) is 3.36. The van der Waals surface area contributed by atoms with Gasteiger partial charge in [0.1, 0.15) is 0 Å². The standard InChI is InChI=1S/C42H45N/c1-40(2,3)30-25-29(26-31(27-30)41(4,5)6)34-23-24-36-38(39(34)42(7,8)9)37-33(28-17-12-10-13-18-28)21-16-22-35(37)43(36)32-19-14-11-15-20-32/h10-27H,1-9H3/i10D,12D,13D,17D,18D. The second-order valence-electron chi connectivity index (χ2n) is 14.8. The van der Waals surface area contributed by atoms with Crippen LogP contribution in [0.25, 0.3) is 49.7 Å². The minimum Gasteiger partial charge on any atom is -0.309 e. The van der Waals surface area contributed by atoms with Crippen LogP contribution in [0.4, 0.5) is 0 Å². The zero-order valence-electron chi connectivity index (χ0n) is 32.0. The molecule has 0 spiro atoms. The van der Waals surface area contributed by atoms with Crippen LogP contribution in [0.15, 0.2) is 109 Å². The lowest BCUT2D eigenvalue weighted by Gasteiger charge is -2.29. The number of nitrogens with zero attached hydrogens (tertiary/aromatic N) is 1. The number of hydrogen-bond donors (Lipinski definition) is 0. The van der Waals surface area contributed by atoms with Crippen molar-refractivity contribution in [1.29, 1.82) is 0 Å². The van der Waals surface area contributed by atoms with Crippen molar-refractivity contribution in [3.63, 3.8) is 0 Å². The molecule has 43 heavy (non-hydrogen) atoms. The van der Waals surface area contributed by atoms with E-state index >= 15 is 0 Å². The van der Waals surface area contributed by atoms with Crippen molar-refractivity contribution in [2.24, 2.45) is 0 Å². The summed E-state index contributed by atoms with van der Waals surface area (Å²) in [5.74, 6) is 0. The van der Waals surface area contributed by atoms with Crippen molar-refractivity contribution < 1.29 is 6.85 Å². The third-order valence-electron chi connectivity index (χ3n) is 8.47. The Morgan fingerprint density at radius 2 is 1.12 bits per heavy atom. The van der Waals surface area contributed by atoms with Crippen LogP contribution in [0.3, 0.4) is 0 Å². The summed E-state index contributed by atoms with van der Waals surface area (Å²) in [6, 6.07) is 26.1. The molecular formula is C42H45N. The predicted molar refractivity (Wildman–Crippen MR) is 188 cm³/mol. The molecule has 1 nitrogen and oxygen atoms in total. The highest BCUT2D eigenvalue weighted by atomic mass is 15.0. The van der Waals surface area contributed by atoms with Crippen molar-refractivity contribution in [1.82, 2.24) is 4.57 Å². The lowest BCUT2D eigenvalue weighted by Crippen LogP contribution is -2.17. The van der Waals surface area contributed by atoms with E-state index in [2.05, 4.69) is 115 Å². The van der Waals surface area contributed by atoms with Gasteiger partial charge in [-0.3, -0.25) is 0 Å². The minimum absolute atomic E-state index is 0.0560. The molecule has 0 atom stereocenters. The maximum Gasteiger partial charge on any atom is 0.0629 e. The van der Waals surface area contributed by atoms with Gasteiger partial charge in [0, 0.05) is 16.5 Å². The Labute approximate surface area is 265 Å². The first kappa shape index (κ1) is 23.4. The van der Waals surface area contributed by atoms with Crippen molar-refractivity contribution in [2.45, 2.75) is 78.6 Å². The first-order valence-electron chi connectivity index (χ1n) is 17.7. The minimum atomic E-state index is -0.390. The SMILES string of the molecule is [2H]c1c([2H])c([2H])c(-c2cccc3c2c2c(C(C)(C)C)c(-c4cc(C(C)(C)C)cc(C(C)(C)C)c4)ccc2n3-c2ccccc2)c([2H])c1[2H]. The number of aromatic nitrogens is 1. The van der Waals surface area contributed by atoms with Crippen LogP contribution in [0.2, 0.25) is 0 Å². The van der Waals surface area contributed by atoms with E-state index in [1.165, 1.54) is 11.1 Å². The van der Waals surface area contributed by atoms with E-state index in [-0.39, 0.29) is 46.0 Å². The number of hydrogen-bond acceptors (Lipinski definition) is 0. The Kier molecular flexibility index (Phi) is 5.58. The number of para-hydroxylation sites is 1. The molecule has 1 aromatic heterocycles. The van der Waals surface area contributed by atoms with Gasteiger partial charge in [-0.25, -0.2) is 0 Å². The molecule has 0 aliphatic carbocycles. The van der Waals surface area contributed by atoms with Crippen molar-refractivity contribution in [3.05, 3.63) is 126 Å². The summed E-state index contributed by atoms with van der Waals surface area (Å²) >= 11 is 0. The second kappa shape index (κ2) is 10.3. The molecule has 0 aliphatic rings. The lowest BCUT2D eigenvalue weighted by atomic mass is 9.75. The van der Waals surface area contributed by atoms with Crippen molar-refractivity contribution >= 4 is 21.8 Å². The number of fused-ring (bicyclic) bond motifs is 3. The van der Waals surface area contributed by atoms with Gasteiger partial charge in [0.15, 0.2) is 0 Å². The molecule has 0 amide bonds. The fourth-order valence-corrected chi connectivity index (χ4v) is 6.27. The summed E-state index contributed by atoms with van der Waals surface area (Å²) in [5.41, 5.74) is 9.32. The molecule has 0 unspecified atom stereocenters. The molecule has 6 rings (SSSR count). The van der Waals surface area contributed by atoms with E-state index in [9.17, 15) is 0 Å². The smallest absolute Gasteiger partial charge is 0.0629 e. The van der Waals surface area contributed by atoms with Gasteiger partial charge in [-0.1, -0.05) is 147 Å². The Morgan fingerprint density at radius 1 is 0.512 bits per heavy atom. The number of rotatable bonds is 3. The molecule has 0 aliphatic heterocycles. The largest absolute Gasteiger partial charge is 0.309 e. The first-order valence-corrected chi connectivity index (χ1v) is 15.2. The summed E-state index contributed by atoms with van der Waals surface area (Å²) in [6.45, 7) is 20.3. The van der Waals surface area contributed by atoms with E-state index in [4.69, 9.17) is 6.85 Å². The van der Waals surface area contributed by atoms with Gasteiger partial charge in [-0.15, -0.1) is 0 Å². The highest BCUT2D eigenvalue weighted by molar-refractivity contribution is 6.18. The molecule has 1 heterocycles. The van der Waals surface area contributed by atoms with Gasteiger partial charge >= 0.3 is 0 Å². The van der Waals surface area contributed by atoms with E-state index in [1.54, 1.807) is 0 Å². The molecule has 0 saturated heterocycles. The van der Waals surface area contributed by atoms with Crippen molar-refractivity contribution in [3.8, 4) is 27.9 Å².